The van der Waals surface area contributed by atoms with Crippen molar-refractivity contribution >= 4 is 27.5 Å². The van der Waals surface area contributed by atoms with E-state index in [1.54, 1.807) is 24.0 Å². The van der Waals surface area contributed by atoms with Crippen molar-refractivity contribution in [2.24, 2.45) is 5.92 Å². The lowest BCUT2D eigenvalue weighted by Gasteiger charge is -2.39. The molecule has 29 heavy (non-hydrogen) atoms. The summed E-state index contributed by atoms with van der Waals surface area (Å²) >= 11 is 1.53. The lowest BCUT2D eigenvalue weighted by Crippen LogP contribution is -2.52. The third-order valence-corrected chi connectivity index (χ3v) is 5.89. The van der Waals surface area contributed by atoms with Crippen LogP contribution < -0.4 is 5.56 Å². The Kier molecular flexibility index (Phi) is 4.40. The molecule has 3 aromatic heterocycles. The summed E-state index contributed by atoms with van der Waals surface area (Å²) in [6.07, 6.45) is 3.40. The van der Waals surface area contributed by atoms with E-state index in [-0.39, 0.29) is 17.4 Å². The number of benzene rings is 1. The number of carbonyl (C=O) groups excluding carboxylic acids is 1. The van der Waals surface area contributed by atoms with Crippen LogP contribution in [0.4, 0.5) is 0 Å². The first kappa shape index (κ1) is 17.7. The normalized spacial score (nSPS) is 14.1. The number of nitrogens with zero attached hydrogens (tertiary/aromatic N) is 5. The molecule has 1 fully saturated rings. The molecule has 1 aliphatic heterocycles. The highest BCUT2D eigenvalue weighted by Gasteiger charge is 2.32. The van der Waals surface area contributed by atoms with Crippen LogP contribution in [-0.4, -0.2) is 43.6 Å². The minimum atomic E-state index is -0.136. The molecule has 0 N–H and O–H groups in total. The van der Waals surface area contributed by atoms with Gasteiger partial charge in [0, 0.05) is 48.6 Å². The highest BCUT2D eigenvalue weighted by atomic mass is 32.1. The van der Waals surface area contributed by atoms with Crippen LogP contribution in [0.25, 0.3) is 21.5 Å². The standard InChI is InChI=1S/C21H17N5O2S/c27-20-4-3-17(15-5-7-22-8-6-15)24-26(20)12-14-10-25(11-14)21(28)16-1-2-18-19(9-16)29-13-23-18/h1-9,13-14H,10-12H2. The Labute approximate surface area is 170 Å². The van der Waals surface area contributed by atoms with E-state index >= 15 is 0 Å². The van der Waals surface area contributed by atoms with Crippen molar-refractivity contribution in [1.29, 1.82) is 0 Å². The number of carbonyl (C=O) groups is 1. The molecule has 4 heterocycles. The zero-order valence-corrected chi connectivity index (χ0v) is 16.2. The maximum Gasteiger partial charge on any atom is 0.266 e. The Hall–Kier alpha value is -3.39. The van der Waals surface area contributed by atoms with E-state index in [9.17, 15) is 9.59 Å². The van der Waals surface area contributed by atoms with Gasteiger partial charge in [0.05, 0.1) is 28.0 Å². The van der Waals surface area contributed by atoms with Gasteiger partial charge < -0.3 is 4.90 Å². The first-order chi connectivity index (χ1) is 14.2. The van der Waals surface area contributed by atoms with E-state index in [1.165, 1.54) is 22.1 Å². The molecule has 7 nitrogen and oxygen atoms in total. The third kappa shape index (κ3) is 3.42. The number of hydrogen-bond acceptors (Lipinski definition) is 6. The number of rotatable bonds is 4. The molecule has 0 unspecified atom stereocenters. The summed E-state index contributed by atoms with van der Waals surface area (Å²) in [5.41, 5.74) is 4.88. The second-order valence-electron chi connectivity index (χ2n) is 7.09. The molecule has 5 rings (SSSR count). The molecule has 8 heteroatoms. The van der Waals surface area contributed by atoms with Crippen molar-refractivity contribution in [3.63, 3.8) is 0 Å². The SMILES string of the molecule is O=C(c1ccc2ncsc2c1)N1CC(Cn2nc(-c3ccncc3)ccc2=O)C1. The van der Waals surface area contributed by atoms with Crippen molar-refractivity contribution < 1.29 is 4.79 Å². The van der Waals surface area contributed by atoms with E-state index in [0.29, 0.717) is 25.2 Å². The Morgan fingerprint density at radius 2 is 1.93 bits per heavy atom. The predicted molar refractivity (Wildman–Crippen MR) is 111 cm³/mol. The Morgan fingerprint density at radius 3 is 2.76 bits per heavy atom. The van der Waals surface area contributed by atoms with Crippen molar-refractivity contribution in [3.05, 3.63) is 76.3 Å². The molecular formula is C21H17N5O2S. The van der Waals surface area contributed by atoms with Crippen molar-refractivity contribution in [2.75, 3.05) is 13.1 Å². The molecule has 0 radical (unpaired) electrons. The second-order valence-corrected chi connectivity index (χ2v) is 7.97. The number of amides is 1. The first-order valence-electron chi connectivity index (χ1n) is 9.28. The van der Waals surface area contributed by atoms with Gasteiger partial charge in [0.2, 0.25) is 0 Å². The largest absolute Gasteiger partial charge is 0.338 e. The van der Waals surface area contributed by atoms with Gasteiger partial charge >= 0.3 is 0 Å². The zero-order chi connectivity index (χ0) is 19.8. The van der Waals surface area contributed by atoms with Gasteiger partial charge in [-0.05, 0) is 36.4 Å². The quantitative estimate of drug-likeness (QED) is 0.523. The number of likely N-dealkylation sites (tertiary alicyclic amines) is 1. The molecule has 0 bridgehead atoms. The number of fused-ring (bicyclic) bond motifs is 1. The van der Waals surface area contributed by atoms with Crippen LogP contribution in [0.15, 0.2) is 65.2 Å². The number of hydrogen-bond donors (Lipinski definition) is 0. The van der Waals surface area contributed by atoms with Crippen LogP contribution in [0.5, 0.6) is 0 Å². The zero-order valence-electron chi connectivity index (χ0n) is 15.4. The Morgan fingerprint density at radius 1 is 1.10 bits per heavy atom. The van der Waals surface area contributed by atoms with Gasteiger partial charge in [-0.25, -0.2) is 9.67 Å². The maximum atomic E-state index is 12.7. The number of aromatic nitrogens is 4. The molecule has 0 atom stereocenters. The van der Waals surface area contributed by atoms with Crippen molar-refractivity contribution in [2.45, 2.75) is 6.54 Å². The van der Waals surface area contributed by atoms with Gasteiger partial charge in [-0.15, -0.1) is 11.3 Å². The van der Waals surface area contributed by atoms with E-state index in [0.717, 1.165) is 21.5 Å². The molecule has 144 valence electrons. The third-order valence-electron chi connectivity index (χ3n) is 5.10. The molecule has 0 saturated carbocycles. The van der Waals surface area contributed by atoms with Gasteiger partial charge in [0.1, 0.15) is 0 Å². The van der Waals surface area contributed by atoms with Crippen LogP contribution in [0.2, 0.25) is 0 Å². The Bertz CT molecular complexity index is 1240. The molecule has 1 aromatic carbocycles. The average molecular weight is 403 g/mol. The second kappa shape index (κ2) is 7.21. The highest BCUT2D eigenvalue weighted by molar-refractivity contribution is 7.16. The van der Waals surface area contributed by atoms with Gasteiger partial charge in [0.25, 0.3) is 11.5 Å². The lowest BCUT2D eigenvalue weighted by atomic mass is 9.98. The fourth-order valence-electron chi connectivity index (χ4n) is 3.52. The molecule has 4 aromatic rings. The minimum Gasteiger partial charge on any atom is -0.338 e. The number of thiazole rings is 1. The number of pyridine rings is 1. The summed E-state index contributed by atoms with van der Waals surface area (Å²) in [5.74, 6) is 0.228. The minimum absolute atomic E-state index is 0.0161. The smallest absolute Gasteiger partial charge is 0.266 e. The first-order valence-corrected chi connectivity index (χ1v) is 10.2. The van der Waals surface area contributed by atoms with Crippen LogP contribution in [-0.2, 0) is 6.54 Å². The Balaban J connectivity index is 1.27. The summed E-state index contributed by atoms with van der Waals surface area (Å²) in [7, 11) is 0. The molecule has 1 aliphatic rings. The molecule has 0 spiro atoms. The van der Waals surface area contributed by atoms with Crippen LogP contribution in [0, 0.1) is 5.92 Å². The highest BCUT2D eigenvalue weighted by Crippen LogP contribution is 2.24. The average Bonchev–Trinajstić information content (AvgIpc) is 3.19. The summed E-state index contributed by atoms with van der Waals surface area (Å²) in [4.78, 5) is 35.0. The fourth-order valence-corrected chi connectivity index (χ4v) is 4.24. The summed E-state index contributed by atoms with van der Waals surface area (Å²) < 4.78 is 2.50. The van der Waals surface area contributed by atoms with Crippen LogP contribution >= 0.6 is 11.3 Å². The van der Waals surface area contributed by atoms with Gasteiger partial charge in [-0.1, -0.05) is 0 Å². The molecular weight excluding hydrogens is 386 g/mol. The monoisotopic (exact) mass is 403 g/mol. The van der Waals surface area contributed by atoms with Crippen molar-refractivity contribution in [1.82, 2.24) is 24.6 Å². The van der Waals surface area contributed by atoms with E-state index < -0.39 is 0 Å². The van der Waals surface area contributed by atoms with Crippen LogP contribution in [0.1, 0.15) is 10.4 Å². The fraction of sp³-hybridized carbons (Fsp3) is 0.190. The summed E-state index contributed by atoms with van der Waals surface area (Å²) in [6.45, 7) is 1.73. The van der Waals surface area contributed by atoms with E-state index in [1.807, 2.05) is 35.2 Å². The predicted octanol–water partition coefficient (Wildman–Crippen LogP) is 2.69. The topological polar surface area (TPSA) is 81.0 Å². The van der Waals surface area contributed by atoms with Gasteiger partial charge in [-0.3, -0.25) is 14.6 Å². The molecule has 1 amide bonds. The van der Waals surface area contributed by atoms with Gasteiger partial charge in [-0.2, -0.15) is 5.10 Å². The van der Waals surface area contributed by atoms with Crippen LogP contribution in [0.3, 0.4) is 0 Å². The van der Waals surface area contributed by atoms with Gasteiger partial charge in [0.15, 0.2) is 0 Å². The summed E-state index contributed by atoms with van der Waals surface area (Å²) in [5, 5.41) is 4.49. The lowest BCUT2D eigenvalue weighted by molar-refractivity contribution is 0.0459. The van der Waals surface area contributed by atoms with Crippen molar-refractivity contribution in [3.8, 4) is 11.3 Å². The molecule has 1 saturated heterocycles. The summed E-state index contributed by atoms with van der Waals surface area (Å²) in [6, 6.07) is 12.6. The maximum absolute atomic E-state index is 12.7. The molecule has 0 aliphatic carbocycles. The van der Waals surface area contributed by atoms with E-state index in [4.69, 9.17) is 0 Å². The van der Waals surface area contributed by atoms with E-state index in [2.05, 4.69) is 15.1 Å².